The second-order valence-corrected chi connectivity index (χ2v) is 12.2. The Bertz CT molecular complexity index is 1340. The Morgan fingerprint density at radius 3 is 1.71 bits per heavy atom. The molecule has 294 valence electrons. The maximum Gasteiger partial charge on any atom is 0.326 e. The zero-order valence-corrected chi connectivity index (χ0v) is 29.1. The number of hydrogen-bond acceptors (Lipinski definition) is 12. The van der Waals surface area contributed by atoms with Gasteiger partial charge in [0.25, 0.3) is 0 Å². The van der Waals surface area contributed by atoms with E-state index in [1.54, 1.807) is 0 Å². The summed E-state index contributed by atoms with van der Waals surface area (Å²) >= 11 is 0. The molecular weight excluding hydrogens is 692 g/mol. The molecule has 0 aliphatic carbocycles. The molecule has 1 fully saturated rings. The minimum Gasteiger partial charge on any atom is -0.481 e. The zero-order valence-electron chi connectivity index (χ0n) is 29.1. The number of nitrogens with one attached hydrogen (secondary N) is 4. The summed E-state index contributed by atoms with van der Waals surface area (Å²) in [7, 11) is 0. The van der Waals surface area contributed by atoms with E-state index in [-0.39, 0.29) is 63.7 Å². The lowest BCUT2D eigenvalue weighted by Crippen LogP contribution is -2.62. The number of aliphatic hydroxyl groups is 2. The average molecular weight is 745 g/mol. The molecule has 1 rings (SSSR count). The largest absolute Gasteiger partial charge is 0.481 e. The Labute approximate surface area is 299 Å². The molecule has 0 unspecified atom stereocenters. The fourth-order valence-corrected chi connectivity index (χ4v) is 5.16. The highest BCUT2D eigenvalue weighted by Gasteiger charge is 2.40. The monoisotopic (exact) mass is 744 g/mol. The molecule has 0 aromatic carbocycles. The van der Waals surface area contributed by atoms with Crippen LogP contribution in [0.3, 0.4) is 0 Å². The fraction of sp³-hybridized carbons (Fsp3) is 0.690. The summed E-state index contributed by atoms with van der Waals surface area (Å²) in [6, 6.07) is -8.84. The second-order valence-electron chi connectivity index (χ2n) is 12.2. The first-order valence-corrected chi connectivity index (χ1v) is 16.5. The first-order chi connectivity index (χ1) is 24.3. The number of carbonyl (C=O) groups excluding carboxylic acids is 5. The van der Waals surface area contributed by atoms with Crippen molar-refractivity contribution >= 4 is 53.4 Å². The van der Waals surface area contributed by atoms with Gasteiger partial charge in [-0.05, 0) is 52.4 Å². The maximum absolute atomic E-state index is 13.4. The summed E-state index contributed by atoms with van der Waals surface area (Å²) in [5, 5.41) is 48.7. The first-order valence-electron chi connectivity index (χ1n) is 16.5. The van der Waals surface area contributed by atoms with Crippen LogP contribution < -0.4 is 49.9 Å². The van der Waals surface area contributed by atoms with Gasteiger partial charge in [0.2, 0.25) is 29.5 Å². The number of nitrogens with two attached hydrogens (primary N) is 5. The van der Waals surface area contributed by atoms with Gasteiger partial charge in [0.05, 0.1) is 24.7 Å². The van der Waals surface area contributed by atoms with Gasteiger partial charge in [0.15, 0.2) is 11.9 Å². The van der Waals surface area contributed by atoms with E-state index in [9.17, 15) is 48.9 Å². The van der Waals surface area contributed by atoms with Gasteiger partial charge in [-0.25, -0.2) is 4.79 Å². The average Bonchev–Trinajstić information content (AvgIpc) is 3.53. The normalized spacial score (nSPS) is 17.9. The number of guanidine groups is 2. The quantitative estimate of drug-likeness (QED) is 0.0278. The van der Waals surface area contributed by atoms with Gasteiger partial charge in [-0.15, -0.1) is 0 Å². The molecule has 5 amide bonds. The van der Waals surface area contributed by atoms with Gasteiger partial charge in [0.1, 0.15) is 30.2 Å². The molecule has 52 heavy (non-hydrogen) atoms. The van der Waals surface area contributed by atoms with Crippen molar-refractivity contribution in [2.75, 3.05) is 19.6 Å². The van der Waals surface area contributed by atoms with Crippen LogP contribution in [-0.4, -0.2) is 147 Å². The minimum absolute atomic E-state index is 0.0324. The Kier molecular flexibility index (Phi) is 18.8. The Balaban J connectivity index is 3.14. The van der Waals surface area contributed by atoms with Crippen molar-refractivity contribution in [2.24, 2.45) is 38.7 Å². The summed E-state index contributed by atoms with van der Waals surface area (Å²) in [4.78, 5) is 97.5. The van der Waals surface area contributed by atoms with Crippen LogP contribution in [0.1, 0.15) is 58.8 Å². The van der Waals surface area contributed by atoms with Gasteiger partial charge < -0.3 is 75.3 Å². The van der Waals surface area contributed by atoms with E-state index in [0.29, 0.717) is 6.42 Å². The molecule has 1 saturated heterocycles. The number of aliphatic hydroxyl groups excluding tert-OH is 2. The molecule has 1 aliphatic rings. The van der Waals surface area contributed by atoms with Crippen LogP contribution in [0.15, 0.2) is 9.98 Å². The topological polar surface area (TPSA) is 407 Å². The van der Waals surface area contributed by atoms with Crippen LogP contribution in [0.4, 0.5) is 0 Å². The van der Waals surface area contributed by atoms with Gasteiger partial charge >= 0.3 is 11.9 Å². The molecule has 23 nitrogen and oxygen atoms in total. The third-order valence-electron chi connectivity index (χ3n) is 7.81. The lowest BCUT2D eigenvalue weighted by atomic mass is 10.0. The highest BCUT2D eigenvalue weighted by atomic mass is 16.4. The number of aliphatic imine (C=N–C) groups is 2. The minimum atomic E-state index is -1.76. The van der Waals surface area contributed by atoms with Crippen LogP contribution in [0.25, 0.3) is 0 Å². The van der Waals surface area contributed by atoms with Crippen molar-refractivity contribution in [1.29, 1.82) is 0 Å². The predicted molar refractivity (Wildman–Crippen MR) is 184 cm³/mol. The lowest BCUT2D eigenvalue weighted by molar-refractivity contribution is -0.144. The van der Waals surface area contributed by atoms with E-state index < -0.39 is 96.4 Å². The third kappa shape index (κ3) is 15.3. The standard InChI is InChI=1S/C29H52N12O11/c1-13(42)20(40-25(49)21(14(2)43)39-23(47)18-8-5-11-41(18)26(50)15(30)12-19(44)45)24(48)37-16(6-3-9-35-28(31)32)22(46)38-17(27(51)52)7-4-10-36-29(33)34/h13-18,20-21,42-43H,3-12,30H2,1-2H3,(H,37,48)(H,38,46)(H,39,47)(H,40,49)(H,44,45)(H,51,52)(H4,31,32,35)(H4,33,34,36)/t13-,14-,15+,16+,17+,18+,20+,21+/m1/s1. The smallest absolute Gasteiger partial charge is 0.326 e. The Hall–Kier alpha value is -5.29. The summed E-state index contributed by atoms with van der Waals surface area (Å²) in [5.41, 5.74) is 26.9. The Morgan fingerprint density at radius 1 is 0.750 bits per heavy atom. The lowest BCUT2D eigenvalue weighted by Gasteiger charge is -2.30. The molecule has 0 aromatic rings. The van der Waals surface area contributed by atoms with Crippen molar-refractivity contribution < 1.29 is 54.0 Å². The van der Waals surface area contributed by atoms with Gasteiger partial charge in [-0.3, -0.25) is 38.8 Å². The summed E-state index contributed by atoms with van der Waals surface area (Å²) in [6.45, 7) is 2.52. The highest BCUT2D eigenvalue weighted by Crippen LogP contribution is 2.19. The van der Waals surface area contributed by atoms with Crippen LogP contribution >= 0.6 is 0 Å². The summed E-state index contributed by atoms with van der Waals surface area (Å²) in [5.74, 6) is -7.91. The van der Waals surface area contributed by atoms with Gasteiger partial charge in [-0.2, -0.15) is 0 Å². The molecule has 1 heterocycles. The van der Waals surface area contributed by atoms with Crippen molar-refractivity contribution in [1.82, 2.24) is 26.2 Å². The zero-order chi connectivity index (χ0) is 39.7. The molecule has 1 aliphatic heterocycles. The molecule has 0 saturated carbocycles. The number of nitrogens with zero attached hydrogens (tertiary/aromatic N) is 3. The number of rotatable bonds is 22. The molecule has 0 spiro atoms. The molecular formula is C29H52N12O11. The van der Waals surface area contributed by atoms with Crippen molar-refractivity contribution in [3.63, 3.8) is 0 Å². The molecule has 0 bridgehead atoms. The van der Waals surface area contributed by atoms with E-state index in [2.05, 4.69) is 31.3 Å². The molecule has 0 aromatic heterocycles. The van der Waals surface area contributed by atoms with E-state index in [1.807, 2.05) is 0 Å². The number of carboxylic acid groups (broad SMARTS) is 2. The van der Waals surface area contributed by atoms with Crippen molar-refractivity contribution in [3.8, 4) is 0 Å². The highest BCUT2D eigenvalue weighted by molar-refractivity contribution is 5.97. The van der Waals surface area contributed by atoms with Crippen LogP contribution in [0.5, 0.6) is 0 Å². The van der Waals surface area contributed by atoms with Crippen LogP contribution in [-0.2, 0) is 33.6 Å². The number of carbonyl (C=O) groups is 7. The molecule has 23 heteroatoms. The second kappa shape index (κ2) is 21.8. The Morgan fingerprint density at radius 2 is 1.23 bits per heavy atom. The summed E-state index contributed by atoms with van der Waals surface area (Å²) < 4.78 is 0. The van der Waals surface area contributed by atoms with E-state index >= 15 is 0 Å². The van der Waals surface area contributed by atoms with Crippen LogP contribution in [0.2, 0.25) is 0 Å². The van der Waals surface area contributed by atoms with Gasteiger partial charge in [0, 0.05) is 19.6 Å². The number of likely N-dealkylation sites (tertiary alicyclic amines) is 1. The number of carboxylic acids is 2. The van der Waals surface area contributed by atoms with Crippen molar-refractivity contribution in [3.05, 3.63) is 0 Å². The van der Waals surface area contributed by atoms with Gasteiger partial charge in [-0.1, -0.05) is 0 Å². The molecule has 0 radical (unpaired) electrons. The third-order valence-corrected chi connectivity index (χ3v) is 7.81. The van der Waals surface area contributed by atoms with Crippen molar-refractivity contribution in [2.45, 2.75) is 107 Å². The van der Waals surface area contributed by atoms with E-state index in [0.717, 1.165) is 18.7 Å². The molecule has 18 N–H and O–H groups in total. The summed E-state index contributed by atoms with van der Waals surface area (Å²) in [6.07, 6.45) is -3.20. The number of amides is 5. The number of aliphatic carboxylic acids is 2. The SMILES string of the molecule is C[C@@H](O)[C@H](NC(=O)[C@@H](NC(=O)[C@@H]1CCCN1C(=O)[C@@H](N)CC(=O)O)[C@@H](C)O)C(=O)N[C@@H](CCCN=C(N)N)C(=O)N[C@@H](CCCN=C(N)N)C(=O)O. The number of hydrogen-bond donors (Lipinski definition) is 13. The fourth-order valence-electron chi connectivity index (χ4n) is 5.16. The first kappa shape index (κ1) is 44.7. The van der Waals surface area contributed by atoms with E-state index in [1.165, 1.54) is 0 Å². The van der Waals surface area contributed by atoms with Crippen LogP contribution in [0, 0.1) is 0 Å². The predicted octanol–water partition coefficient (Wildman–Crippen LogP) is -6.33. The molecule has 8 atom stereocenters. The van der Waals surface area contributed by atoms with E-state index in [4.69, 9.17) is 33.8 Å². The maximum atomic E-state index is 13.4.